The lowest BCUT2D eigenvalue weighted by Gasteiger charge is -2.04. The maximum absolute atomic E-state index is 5.95. The topological polar surface area (TPSA) is 43.8 Å². The number of halogens is 1. The summed E-state index contributed by atoms with van der Waals surface area (Å²) in [7, 11) is 0. The number of benzene rings is 1. The van der Waals surface area contributed by atoms with Crippen LogP contribution in [-0.4, -0.2) is 15.5 Å². The van der Waals surface area contributed by atoms with E-state index in [-0.39, 0.29) is 0 Å². The molecule has 0 aliphatic rings. The number of rotatable bonds is 5. The van der Waals surface area contributed by atoms with Crippen molar-refractivity contribution in [1.29, 1.82) is 0 Å². The third-order valence-electron chi connectivity index (χ3n) is 2.49. The van der Waals surface area contributed by atoms with Crippen LogP contribution in [0.2, 0.25) is 5.02 Å². The molecule has 0 saturated heterocycles. The SMILES string of the molecule is CCCSc1cc(N)n(Cc2ccc(Cl)cc2)n1. The Balaban J connectivity index is 2.08. The molecule has 0 saturated carbocycles. The largest absolute Gasteiger partial charge is 0.384 e. The van der Waals surface area contributed by atoms with Crippen LogP contribution in [0.25, 0.3) is 0 Å². The highest BCUT2D eigenvalue weighted by molar-refractivity contribution is 7.99. The van der Waals surface area contributed by atoms with E-state index in [1.165, 1.54) is 0 Å². The first-order chi connectivity index (χ1) is 8.69. The van der Waals surface area contributed by atoms with Gasteiger partial charge in [-0.2, -0.15) is 5.10 Å². The van der Waals surface area contributed by atoms with E-state index in [4.69, 9.17) is 17.3 Å². The predicted octanol–water partition coefficient (Wildman–Crippen LogP) is 3.67. The average Bonchev–Trinajstić information content (AvgIpc) is 2.70. The molecule has 0 aliphatic heterocycles. The van der Waals surface area contributed by atoms with E-state index in [1.807, 2.05) is 35.0 Å². The molecule has 0 atom stereocenters. The van der Waals surface area contributed by atoms with Crippen LogP contribution in [-0.2, 0) is 6.54 Å². The lowest BCUT2D eigenvalue weighted by atomic mass is 10.2. The fourth-order valence-electron chi connectivity index (χ4n) is 1.57. The van der Waals surface area contributed by atoms with Gasteiger partial charge in [0.1, 0.15) is 10.8 Å². The number of aromatic nitrogens is 2. The number of hydrogen-bond donors (Lipinski definition) is 1. The van der Waals surface area contributed by atoms with Crippen molar-refractivity contribution >= 4 is 29.2 Å². The van der Waals surface area contributed by atoms with Crippen molar-refractivity contribution in [2.24, 2.45) is 0 Å². The van der Waals surface area contributed by atoms with Gasteiger partial charge in [-0.1, -0.05) is 30.7 Å². The molecule has 0 radical (unpaired) electrons. The number of thioether (sulfide) groups is 1. The number of hydrogen-bond acceptors (Lipinski definition) is 3. The quantitative estimate of drug-likeness (QED) is 0.851. The summed E-state index contributed by atoms with van der Waals surface area (Å²) in [6.45, 7) is 2.83. The summed E-state index contributed by atoms with van der Waals surface area (Å²) in [6, 6.07) is 9.66. The molecule has 18 heavy (non-hydrogen) atoms. The minimum absolute atomic E-state index is 0.676. The van der Waals surface area contributed by atoms with Crippen molar-refractivity contribution in [2.45, 2.75) is 24.9 Å². The number of anilines is 1. The smallest absolute Gasteiger partial charge is 0.123 e. The summed E-state index contributed by atoms with van der Waals surface area (Å²) >= 11 is 7.59. The summed E-state index contributed by atoms with van der Waals surface area (Å²) in [5, 5.41) is 6.22. The third-order valence-corrected chi connectivity index (χ3v) is 3.85. The van der Waals surface area contributed by atoms with Gasteiger partial charge >= 0.3 is 0 Å². The molecular formula is C13H16ClN3S. The first-order valence-electron chi connectivity index (χ1n) is 5.89. The third kappa shape index (κ3) is 3.43. The van der Waals surface area contributed by atoms with Crippen LogP contribution >= 0.6 is 23.4 Å². The lowest BCUT2D eigenvalue weighted by Crippen LogP contribution is -2.05. The van der Waals surface area contributed by atoms with Crippen molar-refractivity contribution in [3.63, 3.8) is 0 Å². The molecule has 3 nitrogen and oxygen atoms in total. The van der Waals surface area contributed by atoms with Crippen LogP contribution in [0.3, 0.4) is 0 Å². The van der Waals surface area contributed by atoms with Crippen molar-refractivity contribution < 1.29 is 0 Å². The molecular weight excluding hydrogens is 266 g/mol. The minimum Gasteiger partial charge on any atom is -0.384 e. The molecule has 0 fully saturated rings. The summed E-state index contributed by atoms with van der Waals surface area (Å²) < 4.78 is 1.82. The average molecular weight is 282 g/mol. The Morgan fingerprint density at radius 1 is 1.33 bits per heavy atom. The van der Waals surface area contributed by atoms with Gasteiger partial charge in [0.05, 0.1) is 6.54 Å². The van der Waals surface area contributed by atoms with Crippen LogP contribution in [0.15, 0.2) is 35.4 Å². The van der Waals surface area contributed by atoms with E-state index in [9.17, 15) is 0 Å². The fourth-order valence-corrected chi connectivity index (χ4v) is 2.47. The first kappa shape index (κ1) is 13.3. The van der Waals surface area contributed by atoms with Gasteiger partial charge in [0, 0.05) is 11.1 Å². The van der Waals surface area contributed by atoms with Crippen LogP contribution in [0.5, 0.6) is 0 Å². The predicted molar refractivity (Wildman–Crippen MR) is 78.2 cm³/mol. The minimum atomic E-state index is 0.676. The summed E-state index contributed by atoms with van der Waals surface area (Å²) in [5.74, 6) is 1.76. The van der Waals surface area contributed by atoms with Crippen molar-refractivity contribution in [3.8, 4) is 0 Å². The first-order valence-corrected chi connectivity index (χ1v) is 7.26. The zero-order chi connectivity index (χ0) is 13.0. The Morgan fingerprint density at radius 2 is 2.06 bits per heavy atom. The summed E-state index contributed by atoms with van der Waals surface area (Å²) in [5.41, 5.74) is 7.09. The Kier molecular flexibility index (Phi) is 4.55. The normalized spacial score (nSPS) is 10.8. The standard InChI is InChI=1S/C13H16ClN3S/c1-2-7-18-13-8-12(15)17(16-13)9-10-3-5-11(14)6-4-10/h3-6,8H,2,7,9,15H2,1H3. The van der Waals surface area contributed by atoms with E-state index in [0.29, 0.717) is 12.4 Å². The van der Waals surface area contributed by atoms with Gasteiger partial charge in [0.15, 0.2) is 0 Å². The second kappa shape index (κ2) is 6.16. The van der Waals surface area contributed by atoms with Gasteiger partial charge in [-0.05, 0) is 29.9 Å². The zero-order valence-corrected chi connectivity index (χ0v) is 11.8. The maximum atomic E-state index is 5.95. The monoisotopic (exact) mass is 281 g/mol. The van der Waals surface area contributed by atoms with E-state index < -0.39 is 0 Å². The van der Waals surface area contributed by atoms with Gasteiger partial charge < -0.3 is 5.73 Å². The molecule has 0 spiro atoms. The van der Waals surface area contributed by atoms with E-state index >= 15 is 0 Å². The maximum Gasteiger partial charge on any atom is 0.123 e. The molecule has 2 rings (SSSR count). The highest BCUT2D eigenvalue weighted by Crippen LogP contribution is 2.20. The second-order valence-corrected chi connectivity index (χ2v) is 5.59. The molecule has 2 N–H and O–H groups in total. The molecule has 0 amide bonds. The van der Waals surface area contributed by atoms with Crippen molar-refractivity contribution in [3.05, 3.63) is 40.9 Å². The molecule has 0 unspecified atom stereocenters. The Hall–Kier alpha value is -1.13. The van der Waals surface area contributed by atoms with Crippen LogP contribution in [0, 0.1) is 0 Å². The van der Waals surface area contributed by atoms with Crippen molar-refractivity contribution in [2.75, 3.05) is 11.5 Å². The summed E-state index contributed by atoms with van der Waals surface area (Å²) in [6.07, 6.45) is 1.13. The fraction of sp³-hybridized carbons (Fsp3) is 0.308. The summed E-state index contributed by atoms with van der Waals surface area (Å²) in [4.78, 5) is 0. The van der Waals surface area contributed by atoms with Gasteiger partial charge in [0.2, 0.25) is 0 Å². The van der Waals surface area contributed by atoms with E-state index in [0.717, 1.165) is 27.8 Å². The van der Waals surface area contributed by atoms with Crippen LogP contribution in [0.4, 0.5) is 5.82 Å². The molecule has 96 valence electrons. The zero-order valence-electron chi connectivity index (χ0n) is 10.3. The van der Waals surface area contributed by atoms with Gasteiger partial charge in [-0.25, -0.2) is 4.68 Å². The molecule has 1 aromatic heterocycles. The molecule has 0 bridgehead atoms. The number of nitrogens with zero attached hydrogens (tertiary/aromatic N) is 2. The van der Waals surface area contributed by atoms with Crippen molar-refractivity contribution in [1.82, 2.24) is 9.78 Å². The Labute approximate surface area is 116 Å². The molecule has 5 heteroatoms. The highest BCUT2D eigenvalue weighted by Gasteiger charge is 2.05. The molecule has 0 aliphatic carbocycles. The Morgan fingerprint density at radius 3 is 2.72 bits per heavy atom. The molecule has 2 aromatic rings. The Bertz CT molecular complexity index is 507. The number of nitrogens with two attached hydrogens (primary N) is 1. The van der Waals surface area contributed by atoms with E-state index in [2.05, 4.69) is 12.0 Å². The van der Waals surface area contributed by atoms with Crippen LogP contribution < -0.4 is 5.73 Å². The lowest BCUT2D eigenvalue weighted by molar-refractivity contribution is 0.675. The van der Waals surface area contributed by atoms with Gasteiger partial charge in [-0.3, -0.25) is 0 Å². The molecule has 1 aromatic carbocycles. The molecule has 1 heterocycles. The van der Waals surface area contributed by atoms with Gasteiger partial charge in [-0.15, -0.1) is 11.8 Å². The van der Waals surface area contributed by atoms with E-state index in [1.54, 1.807) is 11.8 Å². The second-order valence-electron chi connectivity index (χ2n) is 4.04. The highest BCUT2D eigenvalue weighted by atomic mass is 35.5. The van der Waals surface area contributed by atoms with Crippen LogP contribution in [0.1, 0.15) is 18.9 Å². The van der Waals surface area contributed by atoms with Gasteiger partial charge in [0.25, 0.3) is 0 Å². The number of nitrogen functional groups attached to an aromatic ring is 1.